The van der Waals surface area contributed by atoms with E-state index in [-0.39, 0.29) is 11.7 Å². The fourth-order valence-electron chi connectivity index (χ4n) is 2.58. The fourth-order valence-corrected chi connectivity index (χ4v) is 4.57. The van der Waals surface area contributed by atoms with Crippen LogP contribution in [0.15, 0.2) is 52.1 Å². The van der Waals surface area contributed by atoms with Crippen molar-refractivity contribution in [3.63, 3.8) is 0 Å². The van der Waals surface area contributed by atoms with Crippen LogP contribution in [-0.4, -0.2) is 38.4 Å². The van der Waals surface area contributed by atoms with Crippen LogP contribution in [0.3, 0.4) is 0 Å². The maximum atomic E-state index is 12.3. The maximum Gasteiger partial charge on any atom is 0.236 e. The standard InChI is InChI=1S/C19H16BrN5O2S2/c1-2-27-11-7-8-14-15(9-11)29-18(21-14)22-16(26)10-28-19-23-17(24-25-19)12-5-3-4-6-13(12)20/h3-9H,2,10H2,1H3,(H,21,22,26)(H,23,24,25). The Labute approximate surface area is 183 Å². The van der Waals surface area contributed by atoms with Crippen LogP contribution in [-0.2, 0) is 4.79 Å². The molecule has 10 heteroatoms. The van der Waals surface area contributed by atoms with Gasteiger partial charge in [-0.2, -0.15) is 0 Å². The highest BCUT2D eigenvalue weighted by molar-refractivity contribution is 9.10. The quantitative estimate of drug-likeness (QED) is 0.355. The van der Waals surface area contributed by atoms with Gasteiger partial charge in [0.2, 0.25) is 11.1 Å². The number of H-pyrrole nitrogens is 1. The van der Waals surface area contributed by atoms with Gasteiger partial charge in [0.1, 0.15) is 5.75 Å². The SMILES string of the molecule is CCOc1ccc2nc(NC(=O)CSc3n[nH]c(-c4ccccc4Br)n3)sc2c1. The Morgan fingerprint density at radius 1 is 1.28 bits per heavy atom. The number of carbonyl (C=O) groups is 1. The second-order valence-electron chi connectivity index (χ2n) is 5.86. The van der Waals surface area contributed by atoms with E-state index in [2.05, 4.69) is 41.4 Å². The first-order valence-corrected chi connectivity index (χ1v) is 11.3. The molecular formula is C19H16BrN5O2S2. The van der Waals surface area contributed by atoms with Crippen molar-refractivity contribution < 1.29 is 9.53 Å². The molecule has 0 aliphatic heterocycles. The van der Waals surface area contributed by atoms with E-state index in [1.54, 1.807) is 0 Å². The Balaban J connectivity index is 1.37. The summed E-state index contributed by atoms with van der Waals surface area (Å²) in [4.78, 5) is 21.2. The maximum absolute atomic E-state index is 12.3. The van der Waals surface area contributed by atoms with Gasteiger partial charge in [0.05, 0.1) is 22.6 Å². The Kier molecular flexibility index (Phi) is 6.12. The molecule has 0 saturated carbocycles. The summed E-state index contributed by atoms with van der Waals surface area (Å²) < 4.78 is 7.39. The van der Waals surface area contributed by atoms with Crippen LogP contribution in [0.4, 0.5) is 5.13 Å². The van der Waals surface area contributed by atoms with Crippen LogP contribution in [0.2, 0.25) is 0 Å². The Morgan fingerprint density at radius 3 is 2.97 bits per heavy atom. The summed E-state index contributed by atoms with van der Waals surface area (Å²) in [6, 6.07) is 13.4. The topological polar surface area (TPSA) is 92.8 Å². The van der Waals surface area contributed by atoms with Gasteiger partial charge in [-0.25, -0.2) is 9.97 Å². The normalized spacial score (nSPS) is 11.0. The van der Waals surface area contributed by atoms with Gasteiger partial charge in [0, 0.05) is 10.0 Å². The monoisotopic (exact) mass is 489 g/mol. The lowest BCUT2D eigenvalue weighted by Gasteiger charge is -2.00. The second kappa shape index (κ2) is 8.93. The molecule has 29 heavy (non-hydrogen) atoms. The van der Waals surface area contributed by atoms with Gasteiger partial charge in [-0.05, 0) is 31.2 Å². The van der Waals surface area contributed by atoms with Gasteiger partial charge >= 0.3 is 0 Å². The molecule has 1 amide bonds. The molecule has 0 fully saturated rings. The van der Waals surface area contributed by atoms with Crippen molar-refractivity contribution >= 4 is 60.3 Å². The molecule has 0 saturated heterocycles. The van der Waals surface area contributed by atoms with Crippen molar-refractivity contribution in [1.82, 2.24) is 20.2 Å². The predicted octanol–water partition coefficient (Wildman–Crippen LogP) is 4.97. The number of thioether (sulfide) groups is 1. The number of carbonyl (C=O) groups excluding carboxylic acids is 1. The number of thiazole rings is 1. The summed E-state index contributed by atoms with van der Waals surface area (Å²) in [5.74, 6) is 1.47. The molecule has 0 atom stereocenters. The van der Waals surface area contributed by atoms with E-state index in [0.717, 1.165) is 26.0 Å². The number of fused-ring (bicyclic) bond motifs is 1. The molecule has 0 radical (unpaired) electrons. The van der Waals surface area contributed by atoms with Gasteiger partial charge in [0.15, 0.2) is 11.0 Å². The van der Waals surface area contributed by atoms with E-state index in [0.29, 0.717) is 22.7 Å². The number of aromatic nitrogens is 4. The highest BCUT2D eigenvalue weighted by atomic mass is 79.9. The average Bonchev–Trinajstić information content (AvgIpc) is 3.33. The third-order valence-corrected chi connectivity index (χ3v) is 6.32. The van der Waals surface area contributed by atoms with E-state index in [1.165, 1.54) is 23.1 Å². The molecule has 0 bridgehead atoms. The first kappa shape index (κ1) is 19.9. The van der Waals surface area contributed by atoms with Crippen molar-refractivity contribution in [1.29, 1.82) is 0 Å². The number of anilines is 1. The number of hydrogen-bond donors (Lipinski definition) is 2. The molecule has 2 aromatic heterocycles. The van der Waals surface area contributed by atoms with Crippen LogP contribution < -0.4 is 10.1 Å². The molecule has 2 N–H and O–H groups in total. The van der Waals surface area contributed by atoms with Crippen molar-refractivity contribution in [3.8, 4) is 17.1 Å². The lowest BCUT2D eigenvalue weighted by atomic mass is 10.2. The van der Waals surface area contributed by atoms with E-state index in [9.17, 15) is 4.79 Å². The van der Waals surface area contributed by atoms with Gasteiger partial charge in [-0.3, -0.25) is 9.89 Å². The molecule has 148 valence electrons. The molecule has 7 nitrogen and oxygen atoms in total. The zero-order valence-electron chi connectivity index (χ0n) is 15.3. The third-order valence-electron chi connectivity index (χ3n) is 3.84. The lowest BCUT2D eigenvalue weighted by molar-refractivity contribution is -0.113. The zero-order valence-corrected chi connectivity index (χ0v) is 18.5. The van der Waals surface area contributed by atoms with E-state index in [1.807, 2.05) is 49.4 Å². The Morgan fingerprint density at radius 2 is 2.14 bits per heavy atom. The summed E-state index contributed by atoms with van der Waals surface area (Å²) in [6.45, 7) is 2.55. The minimum Gasteiger partial charge on any atom is -0.494 e. The number of amides is 1. The first-order chi connectivity index (χ1) is 14.1. The highest BCUT2D eigenvalue weighted by Crippen LogP contribution is 2.30. The van der Waals surface area contributed by atoms with Crippen molar-refractivity contribution in [2.45, 2.75) is 12.1 Å². The molecule has 2 aromatic carbocycles. The van der Waals surface area contributed by atoms with Crippen LogP contribution in [0.25, 0.3) is 21.6 Å². The number of rotatable bonds is 7. The molecule has 2 heterocycles. The Hall–Kier alpha value is -2.43. The fraction of sp³-hybridized carbons (Fsp3) is 0.158. The molecule has 0 aliphatic rings. The number of halogens is 1. The van der Waals surface area contributed by atoms with Crippen molar-refractivity contribution in [2.75, 3.05) is 17.7 Å². The summed E-state index contributed by atoms with van der Waals surface area (Å²) in [7, 11) is 0. The van der Waals surface area contributed by atoms with Gasteiger partial charge in [-0.1, -0.05) is 57.2 Å². The minimum absolute atomic E-state index is 0.161. The van der Waals surface area contributed by atoms with Gasteiger partial charge < -0.3 is 10.1 Å². The van der Waals surface area contributed by atoms with Crippen molar-refractivity contribution in [2.24, 2.45) is 0 Å². The number of hydrogen-bond acceptors (Lipinski definition) is 7. The molecule has 0 spiro atoms. The van der Waals surface area contributed by atoms with Crippen LogP contribution >= 0.6 is 39.0 Å². The number of benzene rings is 2. The molecular weight excluding hydrogens is 474 g/mol. The Bertz CT molecular complexity index is 1160. The predicted molar refractivity (Wildman–Crippen MR) is 120 cm³/mol. The third kappa shape index (κ3) is 4.77. The largest absolute Gasteiger partial charge is 0.494 e. The van der Waals surface area contributed by atoms with Crippen LogP contribution in [0, 0.1) is 0 Å². The highest BCUT2D eigenvalue weighted by Gasteiger charge is 2.13. The molecule has 0 aliphatic carbocycles. The smallest absolute Gasteiger partial charge is 0.236 e. The first-order valence-electron chi connectivity index (χ1n) is 8.75. The van der Waals surface area contributed by atoms with Gasteiger partial charge in [-0.15, -0.1) is 5.10 Å². The number of nitrogens with zero attached hydrogens (tertiary/aromatic N) is 3. The van der Waals surface area contributed by atoms with E-state index in [4.69, 9.17) is 4.74 Å². The van der Waals surface area contributed by atoms with Crippen molar-refractivity contribution in [3.05, 3.63) is 46.9 Å². The summed E-state index contributed by atoms with van der Waals surface area (Å²) >= 11 is 6.17. The molecule has 4 rings (SSSR count). The summed E-state index contributed by atoms with van der Waals surface area (Å²) in [5.41, 5.74) is 1.74. The average molecular weight is 490 g/mol. The van der Waals surface area contributed by atoms with Crippen LogP contribution in [0.5, 0.6) is 5.75 Å². The summed E-state index contributed by atoms with van der Waals surface area (Å²) in [6.07, 6.45) is 0. The number of ether oxygens (including phenoxy) is 1. The van der Waals surface area contributed by atoms with E-state index >= 15 is 0 Å². The lowest BCUT2D eigenvalue weighted by Crippen LogP contribution is -2.13. The van der Waals surface area contributed by atoms with Crippen LogP contribution in [0.1, 0.15) is 6.92 Å². The minimum atomic E-state index is -0.161. The number of nitrogens with one attached hydrogen (secondary N) is 2. The zero-order chi connectivity index (χ0) is 20.2. The second-order valence-corrected chi connectivity index (χ2v) is 8.69. The van der Waals surface area contributed by atoms with E-state index < -0.39 is 0 Å². The molecule has 0 unspecified atom stereocenters. The molecule has 4 aromatic rings. The summed E-state index contributed by atoms with van der Waals surface area (Å²) in [5, 5.41) is 11.0. The van der Waals surface area contributed by atoms with Gasteiger partial charge in [0.25, 0.3) is 0 Å². The number of aromatic amines is 1.